The van der Waals surface area contributed by atoms with Crippen molar-refractivity contribution in [3.8, 4) is 11.3 Å². The minimum absolute atomic E-state index is 0.437. The average Bonchev–Trinajstić information content (AvgIpc) is 2.29. The number of alkyl halides is 3. The van der Waals surface area contributed by atoms with Crippen molar-refractivity contribution in [3.05, 3.63) is 52.6 Å². The topological polar surface area (TPSA) is 12.9 Å². The molecule has 0 saturated carbocycles. The monoisotopic (exact) mass is 301 g/mol. The Morgan fingerprint density at radius 3 is 2.47 bits per heavy atom. The van der Waals surface area contributed by atoms with Crippen molar-refractivity contribution in [3.63, 3.8) is 0 Å². The van der Waals surface area contributed by atoms with Crippen LogP contribution in [-0.4, -0.2) is 4.98 Å². The molecule has 0 fully saturated rings. The third kappa shape index (κ3) is 2.66. The molecule has 0 aliphatic carbocycles. The molecule has 2 rings (SSSR count). The van der Waals surface area contributed by atoms with Crippen LogP contribution >= 0.6 is 15.9 Å². The molecule has 1 nitrogen and oxygen atoms in total. The SMILES string of the molecule is FC(F)(F)c1cccc(-c2ncccc2Br)c1. The van der Waals surface area contributed by atoms with Crippen LogP contribution in [0.15, 0.2) is 47.1 Å². The van der Waals surface area contributed by atoms with Gasteiger partial charge in [-0.25, -0.2) is 0 Å². The minimum atomic E-state index is -4.34. The van der Waals surface area contributed by atoms with E-state index in [1.807, 2.05) is 0 Å². The number of rotatable bonds is 1. The largest absolute Gasteiger partial charge is 0.416 e. The summed E-state index contributed by atoms with van der Waals surface area (Å²) >= 11 is 3.26. The molecule has 0 aliphatic heterocycles. The van der Waals surface area contributed by atoms with Crippen LogP contribution in [0.3, 0.4) is 0 Å². The van der Waals surface area contributed by atoms with Gasteiger partial charge in [-0.2, -0.15) is 13.2 Å². The Morgan fingerprint density at radius 1 is 1.06 bits per heavy atom. The molecule has 0 N–H and O–H groups in total. The van der Waals surface area contributed by atoms with Gasteiger partial charge in [-0.1, -0.05) is 12.1 Å². The zero-order valence-corrected chi connectivity index (χ0v) is 10.1. The molecule has 0 radical (unpaired) electrons. The number of pyridine rings is 1. The molecule has 0 unspecified atom stereocenters. The van der Waals surface area contributed by atoms with E-state index in [2.05, 4.69) is 20.9 Å². The first-order chi connectivity index (χ1) is 7.98. The summed E-state index contributed by atoms with van der Waals surface area (Å²) in [6, 6.07) is 8.55. The van der Waals surface area contributed by atoms with Gasteiger partial charge in [0, 0.05) is 16.2 Å². The van der Waals surface area contributed by atoms with Gasteiger partial charge in [0.1, 0.15) is 0 Å². The van der Waals surface area contributed by atoms with Crippen molar-refractivity contribution in [2.75, 3.05) is 0 Å². The van der Waals surface area contributed by atoms with Crippen LogP contribution in [-0.2, 0) is 6.18 Å². The number of hydrogen-bond donors (Lipinski definition) is 0. The van der Waals surface area contributed by atoms with Gasteiger partial charge >= 0.3 is 6.18 Å². The van der Waals surface area contributed by atoms with Crippen LogP contribution in [0.4, 0.5) is 13.2 Å². The van der Waals surface area contributed by atoms with Crippen LogP contribution in [0, 0.1) is 0 Å². The first kappa shape index (κ1) is 12.1. The molecular formula is C12H7BrF3N. The first-order valence-electron chi connectivity index (χ1n) is 4.76. The third-order valence-electron chi connectivity index (χ3n) is 2.22. The van der Waals surface area contributed by atoms with Crippen LogP contribution in [0.5, 0.6) is 0 Å². The predicted molar refractivity (Wildman–Crippen MR) is 62.4 cm³/mol. The molecule has 2 aromatic rings. The molecule has 17 heavy (non-hydrogen) atoms. The summed E-state index contributed by atoms with van der Waals surface area (Å²) < 4.78 is 38.3. The maximum absolute atomic E-state index is 12.6. The lowest BCUT2D eigenvalue weighted by molar-refractivity contribution is -0.137. The highest BCUT2D eigenvalue weighted by molar-refractivity contribution is 9.10. The van der Waals surface area contributed by atoms with Crippen molar-refractivity contribution < 1.29 is 13.2 Å². The van der Waals surface area contributed by atoms with Gasteiger partial charge in [0.05, 0.1) is 11.3 Å². The molecule has 5 heteroatoms. The lowest BCUT2D eigenvalue weighted by Gasteiger charge is -2.09. The molecule has 1 aromatic carbocycles. The minimum Gasteiger partial charge on any atom is -0.255 e. The van der Waals surface area contributed by atoms with E-state index in [-0.39, 0.29) is 0 Å². The van der Waals surface area contributed by atoms with Crippen molar-refractivity contribution in [1.82, 2.24) is 4.98 Å². The molecule has 0 aliphatic rings. The Bertz CT molecular complexity index is 537. The molecule has 0 spiro atoms. The van der Waals surface area contributed by atoms with Crippen LogP contribution in [0.1, 0.15) is 5.56 Å². The normalized spacial score (nSPS) is 11.5. The quantitative estimate of drug-likeness (QED) is 0.754. The fraction of sp³-hybridized carbons (Fsp3) is 0.0833. The zero-order chi connectivity index (χ0) is 12.5. The molecule has 0 amide bonds. The van der Waals surface area contributed by atoms with Gasteiger partial charge in [0.25, 0.3) is 0 Å². The second kappa shape index (κ2) is 4.49. The lowest BCUT2D eigenvalue weighted by atomic mass is 10.1. The average molecular weight is 302 g/mol. The summed E-state index contributed by atoms with van der Waals surface area (Å²) in [5.74, 6) is 0. The fourth-order valence-electron chi connectivity index (χ4n) is 1.44. The van der Waals surface area contributed by atoms with Crippen molar-refractivity contribution in [2.24, 2.45) is 0 Å². The highest BCUT2D eigenvalue weighted by Crippen LogP contribution is 2.33. The van der Waals surface area contributed by atoms with E-state index in [9.17, 15) is 13.2 Å². The third-order valence-corrected chi connectivity index (χ3v) is 2.86. The van der Waals surface area contributed by atoms with Gasteiger partial charge in [0.2, 0.25) is 0 Å². The summed E-state index contributed by atoms with van der Waals surface area (Å²) in [5, 5.41) is 0. The summed E-state index contributed by atoms with van der Waals surface area (Å²) in [6.45, 7) is 0. The number of nitrogens with zero attached hydrogens (tertiary/aromatic N) is 1. The number of halogens is 4. The number of benzene rings is 1. The maximum Gasteiger partial charge on any atom is 0.416 e. The van der Waals surface area contributed by atoms with E-state index in [0.29, 0.717) is 15.7 Å². The van der Waals surface area contributed by atoms with Crippen LogP contribution in [0.2, 0.25) is 0 Å². The fourth-order valence-corrected chi connectivity index (χ4v) is 1.92. The molecule has 1 aromatic heterocycles. The number of hydrogen-bond acceptors (Lipinski definition) is 1. The summed E-state index contributed by atoms with van der Waals surface area (Å²) in [4.78, 5) is 4.06. The van der Waals surface area contributed by atoms with Gasteiger partial charge in [-0.05, 0) is 40.2 Å². The molecule has 0 bridgehead atoms. The smallest absolute Gasteiger partial charge is 0.255 e. The van der Waals surface area contributed by atoms with Gasteiger partial charge in [-0.15, -0.1) is 0 Å². The van der Waals surface area contributed by atoms with E-state index in [1.54, 1.807) is 24.4 Å². The Kier molecular flexibility index (Phi) is 3.19. The summed E-state index contributed by atoms with van der Waals surface area (Å²) in [5.41, 5.74) is 0.262. The molecular weight excluding hydrogens is 295 g/mol. The van der Waals surface area contributed by atoms with E-state index < -0.39 is 11.7 Å². The van der Waals surface area contributed by atoms with E-state index >= 15 is 0 Å². The van der Waals surface area contributed by atoms with Crippen LogP contribution in [0.25, 0.3) is 11.3 Å². The second-order valence-corrected chi connectivity index (χ2v) is 4.27. The highest BCUT2D eigenvalue weighted by atomic mass is 79.9. The predicted octanol–water partition coefficient (Wildman–Crippen LogP) is 4.53. The zero-order valence-electron chi connectivity index (χ0n) is 8.50. The standard InChI is InChI=1S/C12H7BrF3N/c13-10-5-2-6-17-11(10)8-3-1-4-9(7-8)12(14,15)16/h1-7H. The lowest BCUT2D eigenvalue weighted by Crippen LogP contribution is -2.04. The van der Waals surface area contributed by atoms with Crippen molar-refractivity contribution in [1.29, 1.82) is 0 Å². The summed E-state index contributed by atoms with van der Waals surface area (Å²) in [7, 11) is 0. The Hall–Kier alpha value is -1.36. The van der Waals surface area contributed by atoms with Gasteiger partial charge in [-0.3, -0.25) is 4.98 Å². The van der Waals surface area contributed by atoms with E-state index in [0.717, 1.165) is 12.1 Å². The van der Waals surface area contributed by atoms with Gasteiger partial charge in [0.15, 0.2) is 0 Å². The summed E-state index contributed by atoms with van der Waals surface area (Å²) in [6.07, 6.45) is -2.79. The first-order valence-corrected chi connectivity index (χ1v) is 5.56. The van der Waals surface area contributed by atoms with Gasteiger partial charge < -0.3 is 0 Å². The number of aromatic nitrogens is 1. The van der Waals surface area contributed by atoms with E-state index in [4.69, 9.17) is 0 Å². The molecule has 0 atom stereocenters. The Morgan fingerprint density at radius 2 is 1.82 bits per heavy atom. The molecule has 1 heterocycles. The maximum atomic E-state index is 12.6. The Balaban J connectivity index is 2.51. The van der Waals surface area contributed by atoms with Crippen molar-refractivity contribution >= 4 is 15.9 Å². The van der Waals surface area contributed by atoms with Crippen LogP contribution < -0.4 is 0 Å². The highest BCUT2D eigenvalue weighted by Gasteiger charge is 2.30. The Labute approximate surface area is 104 Å². The second-order valence-electron chi connectivity index (χ2n) is 3.41. The van der Waals surface area contributed by atoms with Crippen molar-refractivity contribution in [2.45, 2.75) is 6.18 Å². The molecule has 88 valence electrons. The molecule has 0 saturated heterocycles. The van der Waals surface area contributed by atoms with E-state index in [1.165, 1.54) is 6.07 Å².